The van der Waals surface area contributed by atoms with Crippen LogP contribution in [0.1, 0.15) is 29.7 Å². The second-order valence-electron chi connectivity index (χ2n) is 5.09. The van der Waals surface area contributed by atoms with Crippen molar-refractivity contribution in [3.63, 3.8) is 0 Å². The fraction of sp³-hybridized carbons (Fsp3) is 0.500. The standard InChI is InChI=1S/C14H17N3O2/c1-9-5-10(2)16-14(12(9)7-15)17-4-3-11(8-17)6-13(18)19/h5,11H,3-4,6,8H2,1-2H3,(H,18,19). The number of rotatable bonds is 3. The van der Waals surface area contributed by atoms with E-state index in [0.717, 1.165) is 24.2 Å². The van der Waals surface area contributed by atoms with Crippen LogP contribution in [0.5, 0.6) is 0 Å². The molecule has 1 N–H and O–H groups in total. The molecule has 0 amide bonds. The molecule has 2 heterocycles. The summed E-state index contributed by atoms with van der Waals surface area (Å²) in [5.41, 5.74) is 2.40. The van der Waals surface area contributed by atoms with E-state index in [4.69, 9.17) is 5.11 Å². The third-order valence-electron chi connectivity index (χ3n) is 3.49. The molecule has 0 bridgehead atoms. The number of hydrogen-bond acceptors (Lipinski definition) is 4. The minimum Gasteiger partial charge on any atom is -0.481 e. The molecule has 2 rings (SSSR count). The number of nitrogens with zero attached hydrogens (tertiary/aromatic N) is 3. The van der Waals surface area contributed by atoms with Gasteiger partial charge in [0.15, 0.2) is 0 Å². The minimum absolute atomic E-state index is 0.145. The van der Waals surface area contributed by atoms with Crippen molar-refractivity contribution in [2.24, 2.45) is 5.92 Å². The summed E-state index contributed by atoms with van der Waals surface area (Å²) >= 11 is 0. The highest BCUT2D eigenvalue weighted by Crippen LogP contribution is 2.28. The summed E-state index contributed by atoms with van der Waals surface area (Å²) in [6.45, 7) is 5.24. The van der Waals surface area contributed by atoms with Crippen molar-refractivity contribution in [1.29, 1.82) is 5.26 Å². The molecule has 0 aromatic carbocycles. The van der Waals surface area contributed by atoms with Gasteiger partial charge < -0.3 is 10.0 Å². The Balaban J connectivity index is 2.24. The van der Waals surface area contributed by atoms with Crippen molar-refractivity contribution in [3.8, 4) is 6.07 Å². The molecular weight excluding hydrogens is 242 g/mol. The van der Waals surface area contributed by atoms with E-state index < -0.39 is 5.97 Å². The van der Waals surface area contributed by atoms with E-state index in [9.17, 15) is 10.1 Å². The van der Waals surface area contributed by atoms with Gasteiger partial charge in [0.05, 0.1) is 5.56 Å². The molecule has 1 aliphatic rings. The Hall–Kier alpha value is -2.09. The van der Waals surface area contributed by atoms with Gasteiger partial charge in [0.2, 0.25) is 0 Å². The summed E-state index contributed by atoms with van der Waals surface area (Å²) in [4.78, 5) is 17.2. The van der Waals surface area contributed by atoms with Crippen LogP contribution in [-0.4, -0.2) is 29.1 Å². The van der Waals surface area contributed by atoms with Crippen LogP contribution in [-0.2, 0) is 4.79 Å². The summed E-state index contributed by atoms with van der Waals surface area (Å²) in [5, 5.41) is 18.1. The quantitative estimate of drug-likeness (QED) is 0.896. The van der Waals surface area contributed by atoms with E-state index in [1.807, 2.05) is 24.8 Å². The topological polar surface area (TPSA) is 77.2 Å². The van der Waals surface area contributed by atoms with Crippen LogP contribution in [0, 0.1) is 31.1 Å². The maximum Gasteiger partial charge on any atom is 0.303 e. The van der Waals surface area contributed by atoms with Crippen LogP contribution in [0.2, 0.25) is 0 Å². The first kappa shape index (κ1) is 13.3. The molecule has 1 saturated heterocycles. The van der Waals surface area contributed by atoms with Crippen LogP contribution in [0.3, 0.4) is 0 Å². The Bertz CT molecular complexity index is 548. The van der Waals surface area contributed by atoms with E-state index in [1.54, 1.807) is 0 Å². The van der Waals surface area contributed by atoms with Crippen LogP contribution >= 0.6 is 0 Å². The molecule has 0 saturated carbocycles. The number of pyridine rings is 1. The first-order valence-corrected chi connectivity index (χ1v) is 6.36. The first-order valence-electron chi connectivity index (χ1n) is 6.36. The van der Waals surface area contributed by atoms with E-state index in [-0.39, 0.29) is 12.3 Å². The van der Waals surface area contributed by atoms with Crippen LogP contribution in [0.4, 0.5) is 5.82 Å². The van der Waals surface area contributed by atoms with Crippen molar-refractivity contribution in [3.05, 3.63) is 22.9 Å². The predicted molar refractivity (Wildman–Crippen MR) is 71.0 cm³/mol. The molecule has 0 spiro atoms. The lowest BCUT2D eigenvalue weighted by atomic mass is 10.1. The maximum absolute atomic E-state index is 10.7. The average Bonchev–Trinajstić information content (AvgIpc) is 2.75. The van der Waals surface area contributed by atoms with Crippen LogP contribution in [0.25, 0.3) is 0 Å². The zero-order chi connectivity index (χ0) is 14.0. The van der Waals surface area contributed by atoms with E-state index in [1.165, 1.54) is 0 Å². The average molecular weight is 259 g/mol. The van der Waals surface area contributed by atoms with Crippen molar-refractivity contribution in [1.82, 2.24) is 4.98 Å². The summed E-state index contributed by atoms with van der Waals surface area (Å²) in [5.74, 6) is 0.0836. The first-order chi connectivity index (χ1) is 9.01. The molecule has 1 atom stereocenters. The second kappa shape index (κ2) is 5.27. The molecule has 1 unspecified atom stereocenters. The van der Waals surface area contributed by atoms with Gasteiger partial charge in [-0.25, -0.2) is 4.98 Å². The Morgan fingerprint density at radius 2 is 2.37 bits per heavy atom. The van der Waals surface area contributed by atoms with Crippen molar-refractivity contribution in [2.45, 2.75) is 26.7 Å². The smallest absolute Gasteiger partial charge is 0.303 e. The normalized spacial score (nSPS) is 18.4. The molecule has 100 valence electrons. The van der Waals surface area contributed by atoms with Gasteiger partial charge in [-0.05, 0) is 37.8 Å². The third kappa shape index (κ3) is 2.84. The SMILES string of the molecule is Cc1cc(C)c(C#N)c(N2CCC(CC(=O)O)C2)n1. The van der Waals surface area contributed by atoms with Gasteiger partial charge in [-0.2, -0.15) is 5.26 Å². The van der Waals surface area contributed by atoms with E-state index >= 15 is 0 Å². The van der Waals surface area contributed by atoms with E-state index in [0.29, 0.717) is 17.9 Å². The highest BCUT2D eigenvalue weighted by Gasteiger charge is 2.27. The van der Waals surface area contributed by atoms with Gasteiger partial charge in [-0.3, -0.25) is 4.79 Å². The number of anilines is 1. The van der Waals surface area contributed by atoms with Crippen molar-refractivity contribution < 1.29 is 9.90 Å². The molecular formula is C14H17N3O2. The fourth-order valence-electron chi connectivity index (χ4n) is 2.62. The molecule has 5 nitrogen and oxygen atoms in total. The highest BCUT2D eigenvalue weighted by molar-refractivity contribution is 5.67. The van der Waals surface area contributed by atoms with Gasteiger partial charge in [0.1, 0.15) is 11.9 Å². The third-order valence-corrected chi connectivity index (χ3v) is 3.49. The Labute approximate surface area is 112 Å². The van der Waals surface area contributed by atoms with Gasteiger partial charge in [-0.1, -0.05) is 0 Å². The zero-order valence-corrected chi connectivity index (χ0v) is 11.2. The lowest BCUT2D eigenvalue weighted by Crippen LogP contribution is -2.23. The molecule has 1 aromatic heterocycles. The molecule has 19 heavy (non-hydrogen) atoms. The second-order valence-corrected chi connectivity index (χ2v) is 5.09. The van der Waals surface area contributed by atoms with Crippen LogP contribution in [0.15, 0.2) is 6.07 Å². The Morgan fingerprint density at radius 3 is 3.00 bits per heavy atom. The highest BCUT2D eigenvalue weighted by atomic mass is 16.4. The van der Waals surface area contributed by atoms with Gasteiger partial charge >= 0.3 is 5.97 Å². The number of aryl methyl sites for hydroxylation is 2. The number of nitriles is 1. The number of aliphatic carboxylic acids is 1. The fourth-order valence-corrected chi connectivity index (χ4v) is 2.62. The number of carbonyl (C=O) groups is 1. The molecule has 5 heteroatoms. The van der Waals surface area contributed by atoms with Crippen molar-refractivity contribution in [2.75, 3.05) is 18.0 Å². The van der Waals surface area contributed by atoms with Crippen LogP contribution < -0.4 is 4.90 Å². The summed E-state index contributed by atoms with van der Waals surface area (Å²) in [7, 11) is 0. The maximum atomic E-state index is 10.7. The summed E-state index contributed by atoms with van der Waals surface area (Å²) < 4.78 is 0. The molecule has 0 aliphatic carbocycles. The molecule has 1 fully saturated rings. The number of carboxylic acids is 1. The molecule has 1 aromatic rings. The molecule has 1 aliphatic heterocycles. The van der Waals surface area contributed by atoms with Gasteiger partial charge in [-0.15, -0.1) is 0 Å². The summed E-state index contributed by atoms with van der Waals surface area (Å²) in [6, 6.07) is 4.10. The Kier molecular flexibility index (Phi) is 3.70. The largest absolute Gasteiger partial charge is 0.481 e. The monoisotopic (exact) mass is 259 g/mol. The minimum atomic E-state index is -0.763. The van der Waals surface area contributed by atoms with Gasteiger partial charge in [0, 0.05) is 25.2 Å². The number of hydrogen-bond donors (Lipinski definition) is 1. The van der Waals surface area contributed by atoms with E-state index in [2.05, 4.69) is 11.1 Å². The van der Waals surface area contributed by atoms with Gasteiger partial charge in [0.25, 0.3) is 0 Å². The lowest BCUT2D eigenvalue weighted by Gasteiger charge is -2.20. The molecule has 0 radical (unpaired) electrons. The van der Waals surface area contributed by atoms with Crippen molar-refractivity contribution >= 4 is 11.8 Å². The lowest BCUT2D eigenvalue weighted by molar-refractivity contribution is -0.137. The summed E-state index contributed by atoms with van der Waals surface area (Å²) in [6.07, 6.45) is 1.02. The number of carboxylic acid groups (broad SMARTS) is 1. The Morgan fingerprint density at radius 1 is 1.63 bits per heavy atom. The predicted octanol–water partition coefficient (Wildman–Crippen LogP) is 1.87. The zero-order valence-electron chi connectivity index (χ0n) is 11.2. The number of aromatic nitrogens is 1.